The van der Waals surface area contributed by atoms with E-state index < -0.39 is 0 Å². The number of carbonyl (C=O) groups is 1. The third-order valence-electron chi connectivity index (χ3n) is 2.91. The molecule has 0 atom stereocenters. The van der Waals surface area contributed by atoms with Crippen molar-refractivity contribution in [3.05, 3.63) is 12.7 Å². The first kappa shape index (κ1) is 13.1. The molecule has 1 amide bonds. The molecule has 0 radical (unpaired) electrons. The van der Waals surface area contributed by atoms with Gasteiger partial charge in [0.05, 0.1) is 11.8 Å². The van der Waals surface area contributed by atoms with Crippen LogP contribution in [0.4, 0.5) is 0 Å². The maximum Gasteiger partial charge on any atom is 0.230 e. The Morgan fingerprint density at radius 3 is 3.06 bits per heavy atom. The SMILES string of the molecule is C=CCNC(=O)CSc1nnnn1C1CCCC1. The van der Waals surface area contributed by atoms with E-state index in [2.05, 4.69) is 27.4 Å². The smallest absolute Gasteiger partial charge is 0.230 e. The molecule has 2 rings (SSSR count). The van der Waals surface area contributed by atoms with Crippen LogP contribution in [-0.2, 0) is 4.79 Å². The molecule has 1 N–H and O–H groups in total. The molecule has 1 aliphatic rings. The minimum atomic E-state index is -0.0270. The molecule has 98 valence electrons. The molecule has 1 heterocycles. The highest BCUT2D eigenvalue weighted by Crippen LogP contribution is 2.31. The monoisotopic (exact) mass is 267 g/mol. The molecule has 6 nitrogen and oxygen atoms in total. The number of tetrazole rings is 1. The fourth-order valence-corrected chi connectivity index (χ4v) is 2.80. The summed E-state index contributed by atoms with van der Waals surface area (Å²) in [6.07, 6.45) is 6.37. The van der Waals surface area contributed by atoms with Crippen molar-refractivity contribution in [3.63, 3.8) is 0 Å². The summed E-state index contributed by atoms with van der Waals surface area (Å²) < 4.78 is 1.86. The van der Waals surface area contributed by atoms with Crippen LogP contribution in [-0.4, -0.2) is 38.4 Å². The molecule has 0 spiro atoms. The lowest BCUT2D eigenvalue weighted by Crippen LogP contribution is -2.25. The van der Waals surface area contributed by atoms with Gasteiger partial charge in [-0.15, -0.1) is 11.7 Å². The number of carbonyl (C=O) groups excluding carboxylic acids is 1. The first-order valence-electron chi connectivity index (χ1n) is 6.09. The third kappa shape index (κ3) is 3.32. The lowest BCUT2D eigenvalue weighted by Gasteiger charge is -2.10. The quantitative estimate of drug-likeness (QED) is 0.619. The second-order valence-corrected chi connectivity index (χ2v) is 5.17. The molecule has 1 aliphatic carbocycles. The lowest BCUT2D eigenvalue weighted by atomic mass is 10.3. The zero-order valence-corrected chi connectivity index (χ0v) is 11.0. The predicted octanol–water partition coefficient (Wildman–Crippen LogP) is 1.18. The van der Waals surface area contributed by atoms with Crippen LogP contribution in [0, 0.1) is 0 Å². The zero-order valence-electron chi connectivity index (χ0n) is 10.2. The molecular weight excluding hydrogens is 250 g/mol. The van der Waals surface area contributed by atoms with Gasteiger partial charge in [0.1, 0.15) is 0 Å². The normalized spacial score (nSPS) is 15.8. The summed E-state index contributed by atoms with van der Waals surface area (Å²) in [5.41, 5.74) is 0. The van der Waals surface area contributed by atoms with Crippen molar-refractivity contribution in [1.82, 2.24) is 25.5 Å². The Balaban J connectivity index is 1.87. The van der Waals surface area contributed by atoms with Crippen LogP contribution >= 0.6 is 11.8 Å². The number of hydrogen-bond acceptors (Lipinski definition) is 5. The van der Waals surface area contributed by atoms with Crippen LogP contribution in [0.1, 0.15) is 31.7 Å². The number of thioether (sulfide) groups is 1. The van der Waals surface area contributed by atoms with Crippen molar-refractivity contribution in [2.24, 2.45) is 0 Å². The predicted molar refractivity (Wildman–Crippen MR) is 69.3 cm³/mol. The molecule has 0 aliphatic heterocycles. The maximum absolute atomic E-state index is 11.5. The van der Waals surface area contributed by atoms with E-state index in [9.17, 15) is 4.79 Å². The summed E-state index contributed by atoms with van der Waals surface area (Å²) in [6.45, 7) is 4.04. The van der Waals surface area contributed by atoms with Crippen molar-refractivity contribution < 1.29 is 4.79 Å². The average molecular weight is 267 g/mol. The Morgan fingerprint density at radius 1 is 1.56 bits per heavy atom. The molecule has 0 aromatic carbocycles. The summed E-state index contributed by atoms with van der Waals surface area (Å²) in [4.78, 5) is 11.5. The average Bonchev–Trinajstić information content (AvgIpc) is 3.03. The Kier molecular flexibility index (Phi) is 4.74. The summed E-state index contributed by atoms with van der Waals surface area (Å²) >= 11 is 1.38. The summed E-state index contributed by atoms with van der Waals surface area (Å²) in [5, 5.41) is 15.2. The van der Waals surface area contributed by atoms with Crippen molar-refractivity contribution in [2.45, 2.75) is 36.9 Å². The van der Waals surface area contributed by atoms with Gasteiger partial charge in [0.2, 0.25) is 11.1 Å². The number of amides is 1. The number of nitrogens with zero attached hydrogens (tertiary/aromatic N) is 4. The van der Waals surface area contributed by atoms with E-state index in [-0.39, 0.29) is 5.91 Å². The molecule has 18 heavy (non-hydrogen) atoms. The molecule has 0 saturated heterocycles. The number of aromatic nitrogens is 4. The summed E-state index contributed by atoms with van der Waals surface area (Å²) in [6, 6.07) is 0.402. The van der Waals surface area contributed by atoms with Gasteiger partial charge in [-0.1, -0.05) is 30.7 Å². The van der Waals surface area contributed by atoms with Crippen LogP contribution in [0.25, 0.3) is 0 Å². The standard InChI is InChI=1S/C11H17N5OS/c1-2-7-12-10(17)8-18-11-13-14-15-16(11)9-5-3-4-6-9/h2,9H,1,3-8H2,(H,12,17). The van der Waals surface area contributed by atoms with Gasteiger partial charge in [-0.2, -0.15) is 0 Å². The van der Waals surface area contributed by atoms with Gasteiger partial charge in [0.15, 0.2) is 0 Å². The van der Waals surface area contributed by atoms with E-state index >= 15 is 0 Å². The minimum absolute atomic E-state index is 0.0270. The van der Waals surface area contributed by atoms with E-state index in [1.165, 1.54) is 24.6 Å². The van der Waals surface area contributed by atoms with E-state index in [1.807, 2.05) is 4.68 Å². The van der Waals surface area contributed by atoms with Gasteiger partial charge in [0, 0.05) is 6.54 Å². The molecule has 1 fully saturated rings. The molecule has 7 heteroatoms. The fourth-order valence-electron chi connectivity index (χ4n) is 2.03. The van der Waals surface area contributed by atoms with E-state index in [0.717, 1.165) is 18.0 Å². The van der Waals surface area contributed by atoms with Crippen molar-refractivity contribution in [3.8, 4) is 0 Å². The van der Waals surface area contributed by atoms with Gasteiger partial charge in [-0.05, 0) is 23.3 Å². The summed E-state index contributed by atoms with van der Waals surface area (Å²) in [7, 11) is 0. The number of rotatable bonds is 6. The molecule has 0 bridgehead atoms. The van der Waals surface area contributed by atoms with Gasteiger partial charge in [-0.25, -0.2) is 4.68 Å². The van der Waals surface area contributed by atoms with E-state index in [4.69, 9.17) is 0 Å². The van der Waals surface area contributed by atoms with Crippen molar-refractivity contribution in [2.75, 3.05) is 12.3 Å². The molecule has 0 unspecified atom stereocenters. The van der Waals surface area contributed by atoms with E-state index in [0.29, 0.717) is 18.3 Å². The highest BCUT2D eigenvalue weighted by Gasteiger charge is 2.21. The van der Waals surface area contributed by atoms with Crippen LogP contribution in [0.15, 0.2) is 17.8 Å². The van der Waals surface area contributed by atoms with Crippen LogP contribution in [0.3, 0.4) is 0 Å². The first-order valence-corrected chi connectivity index (χ1v) is 7.08. The van der Waals surface area contributed by atoms with Gasteiger partial charge < -0.3 is 5.32 Å². The molecular formula is C11H17N5OS. The largest absolute Gasteiger partial charge is 0.352 e. The Hall–Kier alpha value is -1.37. The second-order valence-electron chi connectivity index (χ2n) is 4.23. The Labute approximate surface area is 110 Å². The number of nitrogens with one attached hydrogen (secondary N) is 1. The van der Waals surface area contributed by atoms with Gasteiger partial charge in [-0.3, -0.25) is 4.79 Å². The topological polar surface area (TPSA) is 72.7 Å². The van der Waals surface area contributed by atoms with Crippen LogP contribution < -0.4 is 5.32 Å². The molecule has 1 saturated carbocycles. The molecule has 1 aromatic heterocycles. The van der Waals surface area contributed by atoms with Crippen molar-refractivity contribution >= 4 is 17.7 Å². The Morgan fingerprint density at radius 2 is 2.33 bits per heavy atom. The van der Waals surface area contributed by atoms with Gasteiger partial charge >= 0.3 is 0 Å². The second kappa shape index (κ2) is 6.53. The first-order chi connectivity index (χ1) is 8.81. The highest BCUT2D eigenvalue weighted by atomic mass is 32.2. The van der Waals surface area contributed by atoms with E-state index in [1.54, 1.807) is 6.08 Å². The van der Waals surface area contributed by atoms with Crippen LogP contribution in [0.5, 0.6) is 0 Å². The summed E-state index contributed by atoms with van der Waals surface area (Å²) in [5.74, 6) is 0.307. The van der Waals surface area contributed by atoms with Gasteiger partial charge in [0.25, 0.3) is 0 Å². The zero-order chi connectivity index (χ0) is 12.8. The highest BCUT2D eigenvalue weighted by molar-refractivity contribution is 7.99. The number of hydrogen-bond donors (Lipinski definition) is 1. The Bertz CT molecular complexity index is 413. The van der Waals surface area contributed by atoms with Crippen LogP contribution in [0.2, 0.25) is 0 Å². The van der Waals surface area contributed by atoms with Crippen molar-refractivity contribution in [1.29, 1.82) is 0 Å². The molecule has 1 aromatic rings. The minimum Gasteiger partial charge on any atom is -0.352 e. The third-order valence-corrected chi connectivity index (χ3v) is 3.84. The fraction of sp³-hybridized carbons (Fsp3) is 0.636. The maximum atomic E-state index is 11.5. The lowest BCUT2D eigenvalue weighted by molar-refractivity contribution is -0.118.